The zero-order valence-electron chi connectivity index (χ0n) is 24.9. The average Bonchev–Trinajstić information content (AvgIpc) is 3.35. The van der Waals surface area contributed by atoms with Gasteiger partial charge in [0.15, 0.2) is 0 Å². The van der Waals surface area contributed by atoms with Gasteiger partial charge in [-0.1, -0.05) is 32.3 Å². The van der Waals surface area contributed by atoms with Crippen molar-refractivity contribution in [1.29, 1.82) is 0 Å². The van der Waals surface area contributed by atoms with Gasteiger partial charge in [0.25, 0.3) is 0 Å². The van der Waals surface area contributed by atoms with Crippen molar-refractivity contribution in [3.63, 3.8) is 0 Å². The van der Waals surface area contributed by atoms with Crippen LogP contribution in [-0.2, 0) is 4.74 Å². The number of piperidine rings is 1. The van der Waals surface area contributed by atoms with E-state index >= 15 is 0 Å². The molecule has 0 aromatic heterocycles. The van der Waals surface area contributed by atoms with Gasteiger partial charge in [-0.05, 0) is 70.6 Å². The molecule has 226 valence electrons. The van der Waals surface area contributed by atoms with Crippen LogP contribution in [0.3, 0.4) is 0 Å². The van der Waals surface area contributed by atoms with Gasteiger partial charge >= 0.3 is 0 Å². The molecule has 2 saturated carbocycles. The number of nitrogens with two attached hydrogens (primary N) is 1. The molecule has 2 aliphatic carbocycles. The largest absolute Gasteiger partial charge is 0.379 e. The number of aliphatic hydroxyl groups is 2. The van der Waals surface area contributed by atoms with Crippen molar-refractivity contribution in [1.82, 2.24) is 25.8 Å². The van der Waals surface area contributed by atoms with E-state index in [4.69, 9.17) is 10.5 Å². The van der Waals surface area contributed by atoms with Crippen LogP contribution in [0.2, 0.25) is 0 Å². The van der Waals surface area contributed by atoms with E-state index < -0.39 is 18.0 Å². The predicted octanol–water partition coefficient (Wildman–Crippen LogP) is 1.90. The van der Waals surface area contributed by atoms with Crippen LogP contribution in [0.15, 0.2) is 12.7 Å². The van der Waals surface area contributed by atoms with Crippen molar-refractivity contribution in [3.05, 3.63) is 12.7 Å². The fourth-order valence-electron chi connectivity index (χ4n) is 6.88. The van der Waals surface area contributed by atoms with Crippen molar-refractivity contribution in [2.45, 2.75) is 127 Å². The lowest BCUT2D eigenvalue weighted by Gasteiger charge is -2.54. The standard InChI is InChI=1S/C30H58N6O3/c1-5-24(25(34-27(37)29(3,4)31)20-39-19-23-10-7-6-8-11-23)33-26-18-36(21-32-26)30(14-9-15-30)28(38)35-16-12-22(2)13-17-35/h5,22-28,32-34,37-38H,1,6-21,31H2,2-4H3. The smallest absolute Gasteiger partial charge is 0.126 e. The summed E-state index contributed by atoms with van der Waals surface area (Å²) < 4.78 is 6.23. The lowest BCUT2D eigenvalue weighted by atomic mass is 9.73. The first-order valence-corrected chi connectivity index (χ1v) is 15.7. The molecule has 4 aliphatic rings. The van der Waals surface area contributed by atoms with Gasteiger partial charge in [0.1, 0.15) is 12.5 Å². The van der Waals surface area contributed by atoms with Crippen LogP contribution in [0.25, 0.3) is 0 Å². The first-order valence-electron chi connectivity index (χ1n) is 15.7. The molecular formula is C30H58N6O3. The monoisotopic (exact) mass is 550 g/mol. The van der Waals surface area contributed by atoms with Crippen LogP contribution in [0, 0.1) is 11.8 Å². The zero-order chi connectivity index (χ0) is 28.0. The summed E-state index contributed by atoms with van der Waals surface area (Å²) in [6.45, 7) is 14.8. The summed E-state index contributed by atoms with van der Waals surface area (Å²) in [6.07, 6.45) is 12.6. The minimum atomic E-state index is -0.876. The highest BCUT2D eigenvalue weighted by atomic mass is 16.5. The highest BCUT2D eigenvalue weighted by Crippen LogP contribution is 2.43. The fourth-order valence-corrected chi connectivity index (χ4v) is 6.88. The van der Waals surface area contributed by atoms with E-state index in [2.05, 4.69) is 39.3 Å². The van der Waals surface area contributed by atoms with Crippen LogP contribution in [0.5, 0.6) is 0 Å². The summed E-state index contributed by atoms with van der Waals surface area (Å²) in [5, 5.41) is 33.0. The third-order valence-corrected chi connectivity index (χ3v) is 9.96. The van der Waals surface area contributed by atoms with E-state index in [1.807, 2.05) is 19.9 Å². The van der Waals surface area contributed by atoms with Crippen LogP contribution in [0.1, 0.15) is 85.0 Å². The molecule has 39 heavy (non-hydrogen) atoms. The maximum atomic E-state index is 11.5. The van der Waals surface area contributed by atoms with E-state index in [-0.39, 0.29) is 23.8 Å². The first-order chi connectivity index (χ1) is 18.6. The van der Waals surface area contributed by atoms with E-state index in [0.717, 1.165) is 51.7 Å². The molecule has 0 bridgehead atoms. The van der Waals surface area contributed by atoms with E-state index in [1.54, 1.807) is 0 Å². The van der Waals surface area contributed by atoms with Gasteiger partial charge in [-0.3, -0.25) is 25.8 Å². The first kappa shape index (κ1) is 31.3. The Hall–Kier alpha value is -0.620. The maximum Gasteiger partial charge on any atom is 0.126 e. The number of hydrogen-bond acceptors (Lipinski definition) is 9. The fraction of sp³-hybridized carbons (Fsp3) is 0.933. The van der Waals surface area contributed by atoms with E-state index in [1.165, 1.54) is 51.4 Å². The van der Waals surface area contributed by atoms with Crippen LogP contribution in [0.4, 0.5) is 0 Å². The minimum Gasteiger partial charge on any atom is -0.379 e. The second-order valence-corrected chi connectivity index (χ2v) is 13.7. The van der Waals surface area contributed by atoms with Gasteiger partial charge in [-0.2, -0.15) is 0 Å². The van der Waals surface area contributed by atoms with E-state index in [9.17, 15) is 10.2 Å². The molecule has 5 unspecified atom stereocenters. The second kappa shape index (κ2) is 14.0. The van der Waals surface area contributed by atoms with Gasteiger partial charge < -0.3 is 20.7 Å². The number of rotatable bonds is 14. The van der Waals surface area contributed by atoms with Crippen LogP contribution >= 0.6 is 0 Å². The van der Waals surface area contributed by atoms with Crippen molar-refractivity contribution in [3.8, 4) is 0 Å². The lowest BCUT2D eigenvalue weighted by Crippen LogP contribution is -2.66. The maximum absolute atomic E-state index is 11.5. The Balaban J connectivity index is 1.35. The molecule has 7 N–H and O–H groups in total. The van der Waals surface area contributed by atoms with Crippen molar-refractivity contribution >= 4 is 0 Å². The molecular weight excluding hydrogens is 492 g/mol. The Kier molecular flexibility index (Phi) is 11.3. The second-order valence-electron chi connectivity index (χ2n) is 13.7. The molecule has 0 spiro atoms. The van der Waals surface area contributed by atoms with Crippen molar-refractivity contribution in [2.75, 3.05) is 39.5 Å². The molecule has 4 rings (SSSR count). The van der Waals surface area contributed by atoms with Crippen LogP contribution in [-0.4, -0.2) is 101 Å². The van der Waals surface area contributed by atoms with Gasteiger partial charge in [0, 0.05) is 37.8 Å². The van der Waals surface area contributed by atoms with Gasteiger partial charge in [0.2, 0.25) is 0 Å². The van der Waals surface area contributed by atoms with Gasteiger partial charge in [-0.15, -0.1) is 6.58 Å². The zero-order valence-corrected chi connectivity index (χ0v) is 24.9. The molecule has 9 heteroatoms. The lowest BCUT2D eigenvalue weighted by molar-refractivity contribution is -0.152. The van der Waals surface area contributed by atoms with Crippen LogP contribution < -0.4 is 21.7 Å². The molecule has 4 fully saturated rings. The Labute approximate surface area is 237 Å². The number of likely N-dealkylation sites (tertiary alicyclic amines) is 1. The Morgan fingerprint density at radius 2 is 1.82 bits per heavy atom. The Morgan fingerprint density at radius 1 is 1.13 bits per heavy atom. The molecule has 0 aromatic carbocycles. The molecule has 2 heterocycles. The SMILES string of the molecule is C=CC(NC1CN(C2(C(O)N3CCC(C)CC3)CCC2)CN1)C(COCC1CCCCC1)NC(O)C(C)(C)N. The highest BCUT2D eigenvalue weighted by Gasteiger charge is 2.52. The minimum absolute atomic E-state index is 0.0460. The molecule has 2 aliphatic heterocycles. The summed E-state index contributed by atoms with van der Waals surface area (Å²) in [6, 6.07) is -0.310. The predicted molar refractivity (Wildman–Crippen MR) is 157 cm³/mol. The topological polar surface area (TPSA) is 118 Å². The molecule has 0 radical (unpaired) electrons. The Morgan fingerprint density at radius 3 is 2.41 bits per heavy atom. The molecule has 5 atom stereocenters. The van der Waals surface area contributed by atoms with Crippen molar-refractivity contribution < 1.29 is 14.9 Å². The summed E-state index contributed by atoms with van der Waals surface area (Å²) in [7, 11) is 0. The number of nitrogens with zero attached hydrogens (tertiary/aromatic N) is 2. The molecule has 0 aromatic rings. The van der Waals surface area contributed by atoms with E-state index in [0.29, 0.717) is 12.5 Å². The average molecular weight is 551 g/mol. The highest BCUT2D eigenvalue weighted by molar-refractivity contribution is 5.07. The number of aliphatic hydroxyl groups excluding tert-OH is 2. The third-order valence-electron chi connectivity index (χ3n) is 9.96. The van der Waals surface area contributed by atoms with Gasteiger partial charge in [0.05, 0.1) is 31.0 Å². The number of hydrogen-bond donors (Lipinski definition) is 6. The molecule has 0 amide bonds. The Bertz CT molecular complexity index is 745. The third kappa shape index (κ3) is 8.02. The molecule has 2 saturated heterocycles. The summed E-state index contributed by atoms with van der Waals surface area (Å²) >= 11 is 0. The number of ether oxygens (including phenoxy) is 1. The summed E-state index contributed by atoms with van der Waals surface area (Å²) in [4.78, 5) is 4.77. The van der Waals surface area contributed by atoms with Crippen molar-refractivity contribution in [2.24, 2.45) is 17.6 Å². The quantitative estimate of drug-likeness (QED) is 0.142. The summed E-state index contributed by atoms with van der Waals surface area (Å²) in [5.41, 5.74) is 5.26. The normalized spacial score (nSPS) is 29.0. The van der Waals surface area contributed by atoms with Gasteiger partial charge in [-0.25, -0.2) is 0 Å². The molecule has 9 nitrogen and oxygen atoms in total. The number of nitrogens with one attached hydrogen (secondary N) is 3. The summed E-state index contributed by atoms with van der Waals surface area (Å²) in [5.74, 6) is 1.38.